The van der Waals surface area contributed by atoms with Gasteiger partial charge in [-0.05, 0) is 5.56 Å². The third-order valence-corrected chi connectivity index (χ3v) is 1.98. The van der Waals surface area contributed by atoms with Gasteiger partial charge in [0.2, 0.25) is 0 Å². The molecular weight excluding hydrogens is 218 g/mol. The zero-order valence-corrected chi connectivity index (χ0v) is 9.85. The van der Waals surface area contributed by atoms with Gasteiger partial charge in [-0.1, -0.05) is 30.3 Å². The lowest BCUT2D eigenvalue weighted by atomic mass is 10.2. The Kier molecular flexibility index (Phi) is 6.25. The minimum Gasteiger partial charge on any atom is -0.445 e. The molecule has 0 spiro atoms. The molecule has 0 atom stereocenters. The molecule has 1 rings (SSSR count). The number of hydrogen-bond donors (Lipinski definition) is 2. The van der Waals surface area contributed by atoms with E-state index < -0.39 is 6.09 Å². The quantitative estimate of drug-likeness (QED) is 0.446. The van der Waals surface area contributed by atoms with E-state index in [1.54, 1.807) is 13.3 Å². The zero-order chi connectivity index (χ0) is 12.3. The molecule has 0 saturated carbocycles. The molecule has 1 aromatic rings. The lowest BCUT2D eigenvalue weighted by molar-refractivity contribution is 0.140. The fourth-order valence-electron chi connectivity index (χ4n) is 1.17. The van der Waals surface area contributed by atoms with Gasteiger partial charge in [-0.2, -0.15) is 5.10 Å². The number of hydrazone groups is 1. The van der Waals surface area contributed by atoms with Gasteiger partial charge in [-0.25, -0.2) is 4.79 Å². The van der Waals surface area contributed by atoms with Crippen LogP contribution in [0.25, 0.3) is 0 Å². The Morgan fingerprint density at radius 2 is 2.18 bits per heavy atom. The topological polar surface area (TPSA) is 62.7 Å². The molecule has 0 aliphatic rings. The third-order valence-electron chi connectivity index (χ3n) is 1.98. The second-order valence-corrected chi connectivity index (χ2v) is 3.31. The van der Waals surface area contributed by atoms with Gasteiger partial charge in [0, 0.05) is 26.2 Å². The van der Waals surface area contributed by atoms with Crippen LogP contribution in [0.4, 0.5) is 4.79 Å². The molecule has 0 radical (unpaired) electrons. The van der Waals surface area contributed by atoms with Crippen molar-refractivity contribution in [1.29, 1.82) is 0 Å². The van der Waals surface area contributed by atoms with Gasteiger partial charge >= 0.3 is 6.09 Å². The average Bonchev–Trinajstić information content (AvgIpc) is 2.37. The molecule has 0 saturated heterocycles. The minimum absolute atomic E-state index is 0.289. The molecule has 1 amide bonds. The molecule has 0 aliphatic heterocycles. The summed E-state index contributed by atoms with van der Waals surface area (Å²) in [6.07, 6.45) is 1.95. The van der Waals surface area contributed by atoms with Crippen LogP contribution in [0.1, 0.15) is 12.0 Å². The SMILES string of the molecule is CN/N=C/CCNC(=O)OCc1ccccc1. The van der Waals surface area contributed by atoms with Crippen LogP contribution < -0.4 is 10.7 Å². The van der Waals surface area contributed by atoms with Crippen molar-refractivity contribution >= 4 is 12.3 Å². The zero-order valence-electron chi connectivity index (χ0n) is 9.85. The fraction of sp³-hybridized carbons (Fsp3) is 0.333. The van der Waals surface area contributed by atoms with E-state index in [4.69, 9.17) is 4.74 Å². The number of hydrogen-bond acceptors (Lipinski definition) is 4. The number of carbonyl (C=O) groups is 1. The standard InChI is InChI=1S/C12H17N3O2/c1-13-15-9-5-8-14-12(16)17-10-11-6-3-2-4-7-11/h2-4,6-7,9,13H,5,8,10H2,1H3,(H,14,16)/b15-9+. The Labute approximate surface area is 101 Å². The van der Waals surface area contributed by atoms with Crippen molar-refractivity contribution in [1.82, 2.24) is 10.7 Å². The number of benzene rings is 1. The van der Waals surface area contributed by atoms with E-state index >= 15 is 0 Å². The summed E-state index contributed by atoms with van der Waals surface area (Å²) in [6, 6.07) is 9.56. The Hall–Kier alpha value is -2.04. The summed E-state index contributed by atoms with van der Waals surface area (Å²) >= 11 is 0. The molecule has 5 nitrogen and oxygen atoms in total. The first kappa shape index (κ1) is 13.0. The van der Waals surface area contributed by atoms with Gasteiger partial charge in [0.1, 0.15) is 6.61 Å². The summed E-state index contributed by atoms with van der Waals surface area (Å²) in [5.74, 6) is 0. The van der Waals surface area contributed by atoms with E-state index in [-0.39, 0.29) is 6.61 Å². The van der Waals surface area contributed by atoms with Gasteiger partial charge in [-0.15, -0.1) is 0 Å². The number of rotatable bonds is 6. The molecule has 5 heteroatoms. The minimum atomic E-state index is -0.410. The largest absolute Gasteiger partial charge is 0.445 e. The second-order valence-electron chi connectivity index (χ2n) is 3.31. The van der Waals surface area contributed by atoms with Crippen LogP contribution in [0.3, 0.4) is 0 Å². The number of ether oxygens (including phenoxy) is 1. The van der Waals surface area contributed by atoms with Crippen LogP contribution in [0.2, 0.25) is 0 Å². The van der Waals surface area contributed by atoms with Gasteiger partial charge in [0.25, 0.3) is 0 Å². The Morgan fingerprint density at radius 1 is 1.41 bits per heavy atom. The molecular formula is C12H17N3O2. The fourth-order valence-corrected chi connectivity index (χ4v) is 1.17. The van der Waals surface area contributed by atoms with Crippen LogP contribution in [0.15, 0.2) is 35.4 Å². The van der Waals surface area contributed by atoms with Crippen LogP contribution in [-0.2, 0) is 11.3 Å². The Balaban J connectivity index is 2.11. The lowest BCUT2D eigenvalue weighted by Crippen LogP contribution is -2.25. The molecule has 0 aromatic heterocycles. The van der Waals surface area contributed by atoms with Gasteiger partial charge in [-0.3, -0.25) is 0 Å². The van der Waals surface area contributed by atoms with Crippen molar-refractivity contribution in [2.24, 2.45) is 5.10 Å². The van der Waals surface area contributed by atoms with E-state index in [9.17, 15) is 4.79 Å². The predicted molar refractivity (Wildman–Crippen MR) is 66.8 cm³/mol. The van der Waals surface area contributed by atoms with E-state index in [0.29, 0.717) is 13.0 Å². The summed E-state index contributed by atoms with van der Waals surface area (Å²) in [4.78, 5) is 11.3. The molecule has 0 unspecified atom stereocenters. The summed E-state index contributed by atoms with van der Waals surface area (Å²) in [6.45, 7) is 0.802. The summed E-state index contributed by atoms with van der Waals surface area (Å²) in [5, 5.41) is 6.43. The maximum absolute atomic E-state index is 11.3. The van der Waals surface area contributed by atoms with Gasteiger partial charge < -0.3 is 15.5 Å². The Bertz CT molecular complexity index is 352. The number of carbonyl (C=O) groups excluding carboxylic acids is 1. The Morgan fingerprint density at radius 3 is 2.88 bits per heavy atom. The highest BCUT2D eigenvalue weighted by molar-refractivity contribution is 5.68. The van der Waals surface area contributed by atoms with Crippen molar-refractivity contribution in [2.75, 3.05) is 13.6 Å². The number of amides is 1. The number of nitrogens with one attached hydrogen (secondary N) is 2. The highest BCUT2D eigenvalue weighted by Gasteiger charge is 2.00. The highest BCUT2D eigenvalue weighted by atomic mass is 16.5. The van der Waals surface area contributed by atoms with Gasteiger partial charge in [0.05, 0.1) is 0 Å². The maximum Gasteiger partial charge on any atom is 0.407 e. The second kappa shape index (κ2) is 8.15. The van der Waals surface area contributed by atoms with E-state index in [0.717, 1.165) is 5.56 Å². The van der Waals surface area contributed by atoms with Crippen LogP contribution in [0, 0.1) is 0 Å². The van der Waals surface area contributed by atoms with Gasteiger partial charge in [0.15, 0.2) is 0 Å². The average molecular weight is 235 g/mol. The normalized spacial score (nSPS) is 10.2. The monoisotopic (exact) mass is 235 g/mol. The molecule has 0 aliphatic carbocycles. The molecule has 0 fully saturated rings. The lowest BCUT2D eigenvalue weighted by Gasteiger charge is -2.05. The summed E-state index contributed by atoms with van der Waals surface area (Å²) in [5.41, 5.74) is 3.60. The van der Waals surface area contributed by atoms with Crippen LogP contribution >= 0.6 is 0 Å². The molecule has 1 aromatic carbocycles. The van der Waals surface area contributed by atoms with Crippen LogP contribution in [0.5, 0.6) is 0 Å². The molecule has 17 heavy (non-hydrogen) atoms. The number of nitrogens with zero attached hydrogens (tertiary/aromatic N) is 1. The van der Waals surface area contributed by atoms with E-state index in [1.807, 2.05) is 30.3 Å². The van der Waals surface area contributed by atoms with Crippen molar-refractivity contribution in [3.8, 4) is 0 Å². The molecule has 0 heterocycles. The van der Waals surface area contributed by atoms with Crippen molar-refractivity contribution in [3.63, 3.8) is 0 Å². The first-order chi connectivity index (χ1) is 8.33. The smallest absolute Gasteiger partial charge is 0.407 e. The number of alkyl carbamates (subject to hydrolysis) is 1. The van der Waals surface area contributed by atoms with Crippen molar-refractivity contribution in [3.05, 3.63) is 35.9 Å². The maximum atomic E-state index is 11.3. The van der Waals surface area contributed by atoms with E-state index in [2.05, 4.69) is 15.8 Å². The first-order valence-electron chi connectivity index (χ1n) is 5.45. The van der Waals surface area contributed by atoms with Crippen molar-refractivity contribution < 1.29 is 9.53 Å². The highest BCUT2D eigenvalue weighted by Crippen LogP contribution is 2.00. The van der Waals surface area contributed by atoms with E-state index in [1.165, 1.54) is 0 Å². The molecule has 92 valence electrons. The summed E-state index contributed by atoms with van der Waals surface area (Å²) in [7, 11) is 1.72. The predicted octanol–water partition coefficient (Wildman–Crippen LogP) is 1.51. The first-order valence-corrected chi connectivity index (χ1v) is 5.45. The molecule has 0 bridgehead atoms. The summed E-state index contributed by atoms with van der Waals surface area (Å²) < 4.78 is 5.02. The van der Waals surface area contributed by atoms with Crippen molar-refractivity contribution in [2.45, 2.75) is 13.0 Å². The van der Waals surface area contributed by atoms with Crippen LogP contribution in [-0.4, -0.2) is 25.9 Å². The molecule has 2 N–H and O–H groups in total. The third kappa shape index (κ3) is 6.19.